The van der Waals surface area contributed by atoms with Crippen molar-refractivity contribution >= 4 is 16.9 Å². The van der Waals surface area contributed by atoms with Crippen molar-refractivity contribution in [3.63, 3.8) is 0 Å². The summed E-state index contributed by atoms with van der Waals surface area (Å²) in [4.78, 5) is 22.2. The van der Waals surface area contributed by atoms with Crippen LogP contribution in [-0.2, 0) is 7.05 Å². The van der Waals surface area contributed by atoms with Crippen molar-refractivity contribution in [1.29, 1.82) is 0 Å². The molecule has 4 rings (SSSR count). The Balaban J connectivity index is 1.73. The monoisotopic (exact) mass is 406 g/mol. The van der Waals surface area contributed by atoms with Gasteiger partial charge in [0.05, 0.1) is 17.5 Å². The molecule has 0 aliphatic rings. The van der Waals surface area contributed by atoms with Crippen molar-refractivity contribution in [2.45, 2.75) is 32.9 Å². The number of nitrogens with zero attached hydrogens (tertiary/aromatic N) is 5. The van der Waals surface area contributed by atoms with Crippen molar-refractivity contribution < 1.29 is 9.18 Å². The smallest absolute Gasteiger partial charge is 0.254 e. The number of aromatic nitrogens is 5. The Kier molecular flexibility index (Phi) is 5.07. The minimum Gasteiger partial charge on any atom is -0.338 e. The third-order valence-corrected chi connectivity index (χ3v) is 5.07. The Labute approximate surface area is 173 Å². The average Bonchev–Trinajstić information content (AvgIpc) is 3.31. The minimum atomic E-state index is -0.610. The molecule has 154 valence electrons. The molecule has 1 aromatic carbocycles. The van der Waals surface area contributed by atoms with Gasteiger partial charge in [0.15, 0.2) is 5.65 Å². The maximum Gasteiger partial charge on any atom is 0.254 e. The van der Waals surface area contributed by atoms with Gasteiger partial charge in [0, 0.05) is 30.9 Å². The average molecular weight is 406 g/mol. The molecule has 1 amide bonds. The van der Waals surface area contributed by atoms with Crippen molar-refractivity contribution in [3.05, 3.63) is 77.4 Å². The summed E-state index contributed by atoms with van der Waals surface area (Å²) in [6.45, 7) is 5.85. The molecule has 4 aromatic rings. The van der Waals surface area contributed by atoms with Crippen LogP contribution < -0.4 is 5.32 Å². The van der Waals surface area contributed by atoms with Gasteiger partial charge in [0.2, 0.25) is 0 Å². The van der Waals surface area contributed by atoms with E-state index in [9.17, 15) is 9.18 Å². The summed E-state index contributed by atoms with van der Waals surface area (Å²) in [5.41, 5.74) is 2.39. The van der Waals surface area contributed by atoms with Crippen LogP contribution in [0.5, 0.6) is 0 Å². The second kappa shape index (κ2) is 7.70. The van der Waals surface area contributed by atoms with E-state index in [0.717, 1.165) is 11.0 Å². The van der Waals surface area contributed by atoms with Gasteiger partial charge in [0.1, 0.15) is 17.7 Å². The van der Waals surface area contributed by atoms with Gasteiger partial charge in [-0.1, -0.05) is 12.1 Å². The summed E-state index contributed by atoms with van der Waals surface area (Å²) < 4.78 is 17.5. The summed E-state index contributed by atoms with van der Waals surface area (Å²) in [6, 6.07) is 7.50. The number of imidazole rings is 1. The van der Waals surface area contributed by atoms with Gasteiger partial charge in [-0.05, 0) is 44.5 Å². The Hall–Kier alpha value is -3.55. The third-order valence-electron chi connectivity index (χ3n) is 5.07. The lowest BCUT2D eigenvalue weighted by molar-refractivity contribution is 0.0940. The number of nitrogens with one attached hydrogen (secondary N) is 1. The van der Waals surface area contributed by atoms with Crippen molar-refractivity contribution in [1.82, 2.24) is 29.6 Å². The number of halogens is 1. The van der Waals surface area contributed by atoms with E-state index in [0.29, 0.717) is 22.6 Å². The number of benzene rings is 1. The lowest BCUT2D eigenvalue weighted by atomic mass is 10.0. The maximum absolute atomic E-state index is 13.9. The van der Waals surface area contributed by atoms with E-state index in [1.54, 1.807) is 48.3 Å². The van der Waals surface area contributed by atoms with Crippen LogP contribution in [0.2, 0.25) is 0 Å². The molecular weight excluding hydrogens is 383 g/mol. The third kappa shape index (κ3) is 3.56. The highest BCUT2D eigenvalue weighted by Crippen LogP contribution is 2.24. The number of aryl methyl sites for hydroxylation is 2. The summed E-state index contributed by atoms with van der Waals surface area (Å²) in [5.74, 6) is -0.0777. The molecule has 7 nitrogen and oxygen atoms in total. The van der Waals surface area contributed by atoms with Crippen LogP contribution in [0.4, 0.5) is 4.39 Å². The van der Waals surface area contributed by atoms with E-state index in [-0.39, 0.29) is 17.8 Å². The highest BCUT2D eigenvalue weighted by Gasteiger charge is 2.23. The van der Waals surface area contributed by atoms with E-state index in [1.165, 1.54) is 12.1 Å². The Morgan fingerprint density at radius 2 is 2.03 bits per heavy atom. The maximum atomic E-state index is 13.9. The van der Waals surface area contributed by atoms with Crippen LogP contribution in [0.3, 0.4) is 0 Å². The first-order valence-corrected chi connectivity index (χ1v) is 9.73. The highest BCUT2D eigenvalue weighted by atomic mass is 19.1. The van der Waals surface area contributed by atoms with Crippen LogP contribution in [-0.4, -0.2) is 30.2 Å². The van der Waals surface area contributed by atoms with Crippen LogP contribution in [0.1, 0.15) is 53.4 Å². The number of hydrogen-bond donors (Lipinski definition) is 1. The molecule has 0 aliphatic heterocycles. The Morgan fingerprint density at radius 1 is 1.23 bits per heavy atom. The Morgan fingerprint density at radius 3 is 2.70 bits per heavy atom. The second-order valence-corrected chi connectivity index (χ2v) is 7.57. The lowest BCUT2D eigenvalue weighted by Crippen LogP contribution is -2.31. The number of fused-ring (bicyclic) bond motifs is 1. The van der Waals surface area contributed by atoms with Gasteiger partial charge in [-0.25, -0.2) is 19.0 Å². The summed E-state index contributed by atoms with van der Waals surface area (Å²) >= 11 is 0. The molecule has 0 saturated heterocycles. The fraction of sp³-hybridized carbons (Fsp3) is 0.273. The molecule has 3 aromatic heterocycles. The summed E-state index contributed by atoms with van der Waals surface area (Å²) in [6.07, 6.45) is 5.14. The zero-order valence-corrected chi connectivity index (χ0v) is 17.3. The van der Waals surface area contributed by atoms with Crippen molar-refractivity contribution in [3.8, 4) is 0 Å². The minimum absolute atomic E-state index is 0.162. The van der Waals surface area contributed by atoms with Crippen LogP contribution >= 0.6 is 0 Å². The van der Waals surface area contributed by atoms with Gasteiger partial charge < -0.3 is 9.88 Å². The number of carbonyl (C=O) groups is 1. The van der Waals surface area contributed by atoms with Gasteiger partial charge >= 0.3 is 0 Å². The molecule has 8 heteroatoms. The first-order chi connectivity index (χ1) is 14.3. The fourth-order valence-corrected chi connectivity index (χ4v) is 3.52. The predicted molar refractivity (Wildman–Crippen MR) is 112 cm³/mol. The fourth-order valence-electron chi connectivity index (χ4n) is 3.52. The number of pyridine rings is 1. The molecule has 1 unspecified atom stereocenters. The van der Waals surface area contributed by atoms with Crippen molar-refractivity contribution in [2.24, 2.45) is 7.05 Å². The summed E-state index contributed by atoms with van der Waals surface area (Å²) in [7, 11) is 1.83. The number of carbonyl (C=O) groups excluding carboxylic acids is 1. The SMILES string of the molecule is Cc1nc2c(cnn2C(C)C)cc1C(=O)NC(c1cccc(F)c1)c1nccn1C. The molecule has 1 atom stereocenters. The Bertz CT molecular complexity index is 1230. The van der Waals surface area contributed by atoms with Crippen LogP contribution in [0.15, 0.2) is 48.9 Å². The molecule has 0 saturated carbocycles. The molecule has 0 radical (unpaired) electrons. The molecule has 3 heterocycles. The molecule has 0 spiro atoms. The zero-order valence-electron chi connectivity index (χ0n) is 17.3. The zero-order chi connectivity index (χ0) is 21.4. The molecular formula is C22H23FN6O. The van der Waals surface area contributed by atoms with E-state index >= 15 is 0 Å². The first-order valence-electron chi connectivity index (χ1n) is 9.73. The van der Waals surface area contributed by atoms with Gasteiger partial charge in [-0.2, -0.15) is 5.10 Å². The molecule has 1 N–H and O–H groups in total. The first kappa shape index (κ1) is 19.8. The molecule has 0 aliphatic carbocycles. The predicted octanol–water partition coefficient (Wildman–Crippen LogP) is 3.71. The van der Waals surface area contributed by atoms with E-state index < -0.39 is 6.04 Å². The largest absolute Gasteiger partial charge is 0.338 e. The van der Waals surface area contributed by atoms with E-state index in [1.807, 2.05) is 25.6 Å². The van der Waals surface area contributed by atoms with Crippen LogP contribution in [0.25, 0.3) is 11.0 Å². The standard InChI is InChI=1S/C22H23FN6O/c1-13(2)29-20-16(12-25-29)11-18(14(3)26-20)22(30)27-19(21-24-8-9-28(21)4)15-6-5-7-17(23)10-15/h5-13,19H,1-4H3,(H,27,30). The van der Waals surface area contributed by atoms with Gasteiger partial charge in [0.25, 0.3) is 5.91 Å². The second-order valence-electron chi connectivity index (χ2n) is 7.57. The van der Waals surface area contributed by atoms with Gasteiger partial charge in [-0.15, -0.1) is 0 Å². The molecule has 0 fully saturated rings. The van der Waals surface area contributed by atoms with Gasteiger partial charge in [-0.3, -0.25) is 4.79 Å². The number of rotatable bonds is 5. The topological polar surface area (TPSA) is 77.6 Å². The van der Waals surface area contributed by atoms with E-state index in [2.05, 4.69) is 20.4 Å². The number of amides is 1. The lowest BCUT2D eigenvalue weighted by Gasteiger charge is -2.20. The number of hydrogen-bond acceptors (Lipinski definition) is 4. The molecule has 30 heavy (non-hydrogen) atoms. The van der Waals surface area contributed by atoms with E-state index in [4.69, 9.17) is 0 Å². The highest BCUT2D eigenvalue weighted by molar-refractivity contribution is 5.98. The quantitative estimate of drug-likeness (QED) is 0.548. The summed E-state index contributed by atoms with van der Waals surface area (Å²) in [5, 5.41) is 8.16. The van der Waals surface area contributed by atoms with Crippen molar-refractivity contribution in [2.75, 3.05) is 0 Å². The molecule has 0 bridgehead atoms. The normalized spacial score (nSPS) is 12.5. The van der Waals surface area contributed by atoms with Crippen LogP contribution in [0, 0.1) is 12.7 Å².